The summed E-state index contributed by atoms with van der Waals surface area (Å²) in [5.74, 6) is -0.865. The Morgan fingerprint density at radius 2 is 2.11 bits per heavy atom. The average Bonchev–Trinajstić information content (AvgIpc) is 2.35. The third-order valence-electron chi connectivity index (χ3n) is 2.64. The minimum Gasteiger partial charge on any atom is -0.395 e. The highest BCUT2D eigenvalue weighted by molar-refractivity contribution is 9.10. The maximum absolute atomic E-state index is 11.2. The number of rotatable bonds is 5. The molecule has 0 aliphatic carbocycles. The SMILES string of the molecule is NC(=O)C(Cl)C(CO)(CO)c1cc(Br)cnc1Cl. The number of nitrogens with zero attached hydrogens (tertiary/aromatic N) is 1. The Balaban J connectivity index is 3.43. The van der Waals surface area contributed by atoms with Crippen molar-refractivity contribution in [3.8, 4) is 0 Å². The molecule has 0 saturated heterocycles. The quantitative estimate of drug-likeness (QED) is 0.536. The lowest BCUT2D eigenvalue weighted by Crippen LogP contribution is -2.50. The van der Waals surface area contributed by atoms with E-state index in [4.69, 9.17) is 28.9 Å². The Bertz CT molecular complexity index is 455. The van der Waals surface area contributed by atoms with Gasteiger partial charge in [0.2, 0.25) is 5.91 Å². The molecule has 0 aromatic carbocycles. The molecule has 5 nitrogen and oxygen atoms in total. The van der Waals surface area contributed by atoms with Crippen LogP contribution in [0.2, 0.25) is 5.15 Å². The van der Waals surface area contributed by atoms with E-state index in [1.807, 2.05) is 0 Å². The number of hydrogen-bond acceptors (Lipinski definition) is 4. The van der Waals surface area contributed by atoms with E-state index in [1.54, 1.807) is 0 Å². The minimum atomic E-state index is -1.48. The van der Waals surface area contributed by atoms with Crippen LogP contribution in [0, 0.1) is 0 Å². The van der Waals surface area contributed by atoms with Crippen molar-refractivity contribution in [1.82, 2.24) is 4.98 Å². The highest BCUT2D eigenvalue weighted by Gasteiger charge is 2.44. The van der Waals surface area contributed by atoms with Crippen LogP contribution in [0.5, 0.6) is 0 Å². The molecule has 1 unspecified atom stereocenters. The number of aliphatic hydroxyl groups excluding tert-OH is 2. The van der Waals surface area contributed by atoms with Gasteiger partial charge in [-0.25, -0.2) is 4.98 Å². The summed E-state index contributed by atoms with van der Waals surface area (Å²) >= 11 is 15.0. The fraction of sp³-hybridized carbons (Fsp3) is 0.400. The molecule has 1 rings (SSSR count). The number of pyridine rings is 1. The average molecular weight is 358 g/mol. The summed E-state index contributed by atoms with van der Waals surface area (Å²) in [7, 11) is 0. The van der Waals surface area contributed by atoms with Crippen LogP contribution in [0.1, 0.15) is 5.56 Å². The van der Waals surface area contributed by atoms with Gasteiger partial charge in [0, 0.05) is 16.2 Å². The molecule has 0 saturated carbocycles. The fourth-order valence-electron chi connectivity index (χ4n) is 1.56. The van der Waals surface area contributed by atoms with Crippen LogP contribution in [0.25, 0.3) is 0 Å². The second-order valence-corrected chi connectivity index (χ2v) is 5.44. The molecule has 1 amide bonds. The number of aromatic nitrogens is 1. The van der Waals surface area contributed by atoms with Gasteiger partial charge in [-0.2, -0.15) is 0 Å². The summed E-state index contributed by atoms with van der Waals surface area (Å²) in [6, 6.07) is 1.53. The van der Waals surface area contributed by atoms with E-state index in [-0.39, 0.29) is 10.7 Å². The van der Waals surface area contributed by atoms with Crippen molar-refractivity contribution in [2.45, 2.75) is 10.8 Å². The molecule has 18 heavy (non-hydrogen) atoms. The van der Waals surface area contributed by atoms with E-state index in [1.165, 1.54) is 12.3 Å². The van der Waals surface area contributed by atoms with Gasteiger partial charge in [0.05, 0.1) is 18.6 Å². The van der Waals surface area contributed by atoms with E-state index in [0.29, 0.717) is 4.47 Å². The fourth-order valence-corrected chi connectivity index (χ4v) is 2.44. The standard InChI is InChI=1S/C10H11BrCl2N2O3/c11-5-1-6(8(13)15-2-5)10(3-16,4-17)7(12)9(14)18/h1-2,7,16-17H,3-4H2,(H2,14,18). The lowest BCUT2D eigenvalue weighted by atomic mass is 9.79. The van der Waals surface area contributed by atoms with Crippen LogP contribution >= 0.6 is 39.1 Å². The van der Waals surface area contributed by atoms with Crippen molar-refractivity contribution in [3.63, 3.8) is 0 Å². The van der Waals surface area contributed by atoms with Gasteiger partial charge in [0.1, 0.15) is 10.5 Å². The van der Waals surface area contributed by atoms with Gasteiger partial charge in [-0.3, -0.25) is 4.79 Å². The number of hydrogen-bond donors (Lipinski definition) is 3. The zero-order chi connectivity index (χ0) is 13.9. The van der Waals surface area contributed by atoms with E-state index in [2.05, 4.69) is 20.9 Å². The predicted molar refractivity (Wildman–Crippen MR) is 71.6 cm³/mol. The molecule has 8 heteroatoms. The van der Waals surface area contributed by atoms with Crippen molar-refractivity contribution in [1.29, 1.82) is 0 Å². The van der Waals surface area contributed by atoms with E-state index >= 15 is 0 Å². The molecule has 1 heterocycles. The molecule has 1 aromatic rings. The number of halogens is 3. The molecule has 0 spiro atoms. The van der Waals surface area contributed by atoms with Gasteiger partial charge in [-0.15, -0.1) is 11.6 Å². The van der Waals surface area contributed by atoms with E-state index < -0.39 is 29.9 Å². The highest BCUT2D eigenvalue weighted by atomic mass is 79.9. The van der Waals surface area contributed by atoms with Crippen LogP contribution in [0.15, 0.2) is 16.7 Å². The zero-order valence-corrected chi connectivity index (χ0v) is 12.2. The lowest BCUT2D eigenvalue weighted by Gasteiger charge is -2.33. The van der Waals surface area contributed by atoms with Crippen molar-refractivity contribution < 1.29 is 15.0 Å². The Labute approximate surface area is 122 Å². The number of nitrogens with two attached hydrogens (primary N) is 1. The van der Waals surface area contributed by atoms with Gasteiger partial charge >= 0.3 is 0 Å². The summed E-state index contributed by atoms with van der Waals surface area (Å²) in [4.78, 5) is 15.1. The number of carbonyl (C=O) groups is 1. The maximum atomic E-state index is 11.2. The summed E-state index contributed by atoms with van der Waals surface area (Å²) in [6.07, 6.45) is 1.44. The van der Waals surface area contributed by atoms with Gasteiger partial charge in [0.15, 0.2) is 0 Å². The summed E-state index contributed by atoms with van der Waals surface area (Å²) in [6.45, 7) is -1.20. The normalized spacial score (nSPS) is 13.4. The minimum absolute atomic E-state index is 0.0354. The van der Waals surface area contributed by atoms with Crippen LogP contribution in [0.4, 0.5) is 0 Å². The predicted octanol–water partition coefficient (Wildman–Crippen LogP) is 0.813. The molecule has 0 radical (unpaired) electrons. The Kier molecular flexibility index (Phi) is 5.36. The number of aliphatic hydroxyl groups is 2. The van der Waals surface area contributed by atoms with Gasteiger partial charge < -0.3 is 15.9 Å². The molecule has 0 aliphatic heterocycles. The second kappa shape index (κ2) is 6.16. The number of amides is 1. The van der Waals surface area contributed by atoms with Gasteiger partial charge in [-0.05, 0) is 22.0 Å². The van der Waals surface area contributed by atoms with Crippen molar-refractivity contribution in [3.05, 3.63) is 27.5 Å². The Hall–Kier alpha value is -0.400. The van der Waals surface area contributed by atoms with Crippen LogP contribution in [-0.4, -0.2) is 39.7 Å². The summed E-state index contributed by atoms with van der Waals surface area (Å²) in [5.41, 5.74) is 3.90. The molecule has 0 fully saturated rings. The third-order valence-corrected chi connectivity index (χ3v) is 4.01. The van der Waals surface area contributed by atoms with Crippen molar-refractivity contribution >= 4 is 45.0 Å². The first kappa shape index (κ1) is 15.7. The van der Waals surface area contributed by atoms with Crippen LogP contribution < -0.4 is 5.73 Å². The van der Waals surface area contributed by atoms with Crippen LogP contribution in [-0.2, 0) is 10.2 Å². The molecule has 100 valence electrons. The van der Waals surface area contributed by atoms with E-state index in [0.717, 1.165) is 0 Å². The monoisotopic (exact) mass is 356 g/mol. The molecule has 1 atom stereocenters. The first-order valence-electron chi connectivity index (χ1n) is 4.85. The first-order valence-corrected chi connectivity index (χ1v) is 6.46. The largest absolute Gasteiger partial charge is 0.395 e. The maximum Gasteiger partial charge on any atom is 0.236 e. The van der Waals surface area contributed by atoms with Crippen LogP contribution in [0.3, 0.4) is 0 Å². The molecular weight excluding hydrogens is 347 g/mol. The molecule has 0 aliphatic rings. The van der Waals surface area contributed by atoms with Gasteiger partial charge in [0.25, 0.3) is 0 Å². The third kappa shape index (κ3) is 2.78. The smallest absolute Gasteiger partial charge is 0.236 e. The molecule has 4 N–H and O–H groups in total. The number of primary amides is 1. The molecule has 1 aromatic heterocycles. The van der Waals surface area contributed by atoms with E-state index in [9.17, 15) is 15.0 Å². The Morgan fingerprint density at radius 1 is 1.56 bits per heavy atom. The molecular formula is C10H11BrCl2N2O3. The summed E-state index contributed by atoms with van der Waals surface area (Å²) in [5, 5.41) is 17.7. The first-order chi connectivity index (χ1) is 8.39. The van der Waals surface area contributed by atoms with Gasteiger partial charge in [-0.1, -0.05) is 11.6 Å². The highest BCUT2D eigenvalue weighted by Crippen LogP contribution is 2.36. The topological polar surface area (TPSA) is 96.4 Å². The number of alkyl halides is 1. The lowest BCUT2D eigenvalue weighted by molar-refractivity contribution is -0.119. The number of carbonyl (C=O) groups excluding carboxylic acids is 1. The zero-order valence-electron chi connectivity index (χ0n) is 9.11. The van der Waals surface area contributed by atoms with Crippen molar-refractivity contribution in [2.75, 3.05) is 13.2 Å². The second-order valence-electron chi connectivity index (χ2n) is 3.73. The Morgan fingerprint density at radius 3 is 2.56 bits per heavy atom. The molecule has 0 bridgehead atoms. The summed E-state index contributed by atoms with van der Waals surface area (Å²) < 4.78 is 0.571. The van der Waals surface area contributed by atoms with Crippen molar-refractivity contribution in [2.24, 2.45) is 5.73 Å².